The highest BCUT2D eigenvalue weighted by molar-refractivity contribution is 6.25. The van der Waals surface area contributed by atoms with Crippen LogP contribution in [-0.2, 0) is 17.6 Å². The van der Waals surface area contributed by atoms with Crippen LogP contribution in [-0.4, -0.2) is 27.5 Å². The molecule has 1 aromatic heterocycles. The number of aliphatic hydroxyl groups is 1. The Morgan fingerprint density at radius 2 is 1.69 bits per heavy atom. The van der Waals surface area contributed by atoms with Crippen LogP contribution in [0.5, 0.6) is 0 Å². The monoisotopic (exact) mass is 482 g/mol. The molecule has 36 heavy (non-hydrogen) atoms. The van der Waals surface area contributed by atoms with E-state index >= 15 is 0 Å². The molecule has 0 saturated heterocycles. The lowest BCUT2D eigenvalue weighted by Crippen LogP contribution is -2.27. The molecule has 1 fully saturated rings. The van der Waals surface area contributed by atoms with E-state index < -0.39 is 0 Å². The second-order valence-corrected chi connectivity index (χ2v) is 10.5. The Labute approximate surface area is 210 Å². The van der Waals surface area contributed by atoms with Gasteiger partial charge in [0.2, 0.25) is 0 Å². The molecule has 0 bridgehead atoms. The van der Waals surface area contributed by atoms with Crippen LogP contribution in [0.2, 0.25) is 0 Å². The zero-order valence-electron chi connectivity index (χ0n) is 20.7. The van der Waals surface area contributed by atoms with Gasteiger partial charge in [0.25, 0.3) is 0 Å². The lowest BCUT2D eigenvalue weighted by atomic mass is 9.76. The number of aliphatic imine (C=N–C) groups is 1. The van der Waals surface area contributed by atoms with Gasteiger partial charge in [-0.1, -0.05) is 67.5 Å². The minimum Gasteiger partial charge on any atom is -0.511 e. The first-order valence-electron chi connectivity index (χ1n) is 12.4. The molecule has 2 aromatic carbocycles. The van der Waals surface area contributed by atoms with Crippen LogP contribution in [0.15, 0.2) is 81.5 Å². The highest BCUT2D eigenvalue weighted by Crippen LogP contribution is 2.37. The predicted octanol–water partition coefficient (Wildman–Crippen LogP) is 6.49. The number of carbonyl (C=O) groups excluding carboxylic acids is 2. The van der Waals surface area contributed by atoms with Gasteiger partial charge in [0.1, 0.15) is 11.5 Å². The number of ketones is 2. The highest BCUT2D eigenvalue weighted by atomic mass is 16.5. The van der Waals surface area contributed by atoms with Crippen molar-refractivity contribution in [3.8, 4) is 0 Å². The third kappa shape index (κ3) is 4.94. The first-order valence-corrected chi connectivity index (χ1v) is 12.4. The number of hydrogen-bond donors (Lipinski definition) is 1. The molecule has 2 aliphatic rings. The number of allylic oxidation sites excluding steroid dienone is 2. The molecule has 184 valence electrons. The number of rotatable bonds is 5. The summed E-state index contributed by atoms with van der Waals surface area (Å²) >= 11 is 0. The molecule has 0 aliphatic heterocycles. The van der Waals surface area contributed by atoms with E-state index in [1.54, 1.807) is 0 Å². The lowest BCUT2D eigenvalue weighted by molar-refractivity contribution is -0.116. The van der Waals surface area contributed by atoms with Crippen LogP contribution < -0.4 is 0 Å². The van der Waals surface area contributed by atoms with Crippen molar-refractivity contribution in [3.63, 3.8) is 0 Å². The van der Waals surface area contributed by atoms with E-state index in [2.05, 4.69) is 5.16 Å². The molecule has 0 amide bonds. The molecule has 1 atom stereocenters. The van der Waals surface area contributed by atoms with E-state index in [9.17, 15) is 14.7 Å². The van der Waals surface area contributed by atoms with Crippen LogP contribution in [0.3, 0.4) is 0 Å². The van der Waals surface area contributed by atoms with Gasteiger partial charge in [0, 0.05) is 32.1 Å². The summed E-state index contributed by atoms with van der Waals surface area (Å²) < 4.78 is 5.50. The zero-order valence-corrected chi connectivity index (χ0v) is 20.7. The molecular weight excluding hydrogens is 452 g/mol. The van der Waals surface area contributed by atoms with Gasteiger partial charge in [-0.2, -0.15) is 0 Å². The van der Waals surface area contributed by atoms with Gasteiger partial charge in [0.15, 0.2) is 11.6 Å². The summed E-state index contributed by atoms with van der Waals surface area (Å²) in [6, 6.07) is 19.4. The molecule has 3 aromatic rings. The summed E-state index contributed by atoms with van der Waals surface area (Å²) in [5.41, 5.74) is 3.63. The molecular formula is C30H30N2O4. The summed E-state index contributed by atoms with van der Waals surface area (Å²) in [6.07, 6.45) is 2.45. The summed E-state index contributed by atoms with van der Waals surface area (Å²) in [7, 11) is 0. The van der Waals surface area contributed by atoms with Gasteiger partial charge in [-0.05, 0) is 35.4 Å². The molecule has 6 nitrogen and oxygen atoms in total. The van der Waals surface area contributed by atoms with E-state index in [0.717, 1.165) is 11.3 Å². The van der Waals surface area contributed by atoms with E-state index in [4.69, 9.17) is 9.52 Å². The van der Waals surface area contributed by atoms with Gasteiger partial charge in [-0.15, -0.1) is 0 Å². The fraction of sp³-hybridized carbons (Fsp3) is 0.333. The minimum atomic E-state index is -0.155. The Morgan fingerprint density at radius 3 is 2.42 bits per heavy atom. The third-order valence-corrected chi connectivity index (χ3v) is 7.01. The summed E-state index contributed by atoms with van der Waals surface area (Å²) in [4.78, 5) is 30.9. The summed E-state index contributed by atoms with van der Waals surface area (Å²) in [5, 5.41) is 15.3. The number of fused-ring (bicyclic) bond motifs is 1. The fourth-order valence-electron chi connectivity index (χ4n) is 5.29. The molecule has 1 N–H and O–H groups in total. The first-order chi connectivity index (χ1) is 17.3. The Bertz CT molecular complexity index is 1350. The number of hydrogen-bond acceptors (Lipinski definition) is 6. The van der Waals surface area contributed by atoms with Crippen molar-refractivity contribution in [1.82, 2.24) is 5.16 Å². The van der Waals surface area contributed by atoms with Gasteiger partial charge < -0.3 is 9.63 Å². The molecule has 0 radical (unpaired) electrons. The van der Waals surface area contributed by atoms with Gasteiger partial charge in [-0.25, -0.2) is 0 Å². The highest BCUT2D eigenvalue weighted by Gasteiger charge is 2.37. The number of aromatic nitrogens is 1. The van der Waals surface area contributed by atoms with Gasteiger partial charge >= 0.3 is 0 Å². The number of benzene rings is 2. The second kappa shape index (κ2) is 9.69. The van der Waals surface area contributed by atoms with E-state index in [0.29, 0.717) is 54.8 Å². The van der Waals surface area contributed by atoms with Crippen molar-refractivity contribution >= 4 is 23.0 Å². The Morgan fingerprint density at radius 1 is 1.00 bits per heavy atom. The van der Waals surface area contributed by atoms with Crippen molar-refractivity contribution in [1.29, 1.82) is 0 Å². The van der Waals surface area contributed by atoms with Crippen LogP contribution >= 0.6 is 0 Å². The number of Topliss-reactive ketones (excluding diaryl/α,β-unsaturated/α-hetero) is 2. The zero-order chi connectivity index (χ0) is 25.3. The predicted molar refractivity (Wildman–Crippen MR) is 138 cm³/mol. The summed E-state index contributed by atoms with van der Waals surface area (Å²) in [5.74, 6) is 0.504. The topological polar surface area (TPSA) is 92.8 Å². The maximum Gasteiger partial charge on any atom is 0.168 e. The van der Waals surface area contributed by atoms with Crippen molar-refractivity contribution in [3.05, 3.63) is 94.6 Å². The number of aryl methyl sites for hydroxylation is 1. The molecule has 1 unspecified atom stereocenters. The van der Waals surface area contributed by atoms with Gasteiger partial charge in [0.05, 0.1) is 28.2 Å². The van der Waals surface area contributed by atoms with E-state index in [1.807, 2.05) is 74.5 Å². The molecule has 5 rings (SSSR count). The number of para-hydroxylation sites is 1. The molecule has 6 heteroatoms. The molecule has 1 heterocycles. The van der Waals surface area contributed by atoms with Crippen molar-refractivity contribution < 1.29 is 19.2 Å². The smallest absolute Gasteiger partial charge is 0.168 e. The SMILES string of the molecule is CC1(C)CC(=O)c2c(CC/C(O)=C3\C(=O)CC(c4ccccc4)CC3=Nc3ccccc3)noc2C1. The first kappa shape index (κ1) is 23.9. The molecule has 2 aliphatic carbocycles. The standard InChI is InChI=1S/C30H30N2O4/c1-30(2)17-26(35)29-22(32-36-27(29)18-30)13-14-24(33)28-23(31-21-11-7-4-8-12-21)15-20(16-25(28)34)19-9-5-3-6-10-19/h3-12,20,33H,13-18H2,1-2H3/b28-24+,31-23?. The third-order valence-electron chi connectivity index (χ3n) is 7.01. The van der Waals surface area contributed by atoms with Crippen LogP contribution in [0.1, 0.15) is 72.8 Å². The Kier molecular flexibility index (Phi) is 6.44. The number of carbonyl (C=O) groups is 2. The maximum absolute atomic E-state index is 13.4. The van der Waals surface area contributed by atoms with Crippen molar-refractivity contribution in [2.24, 2.45) is 10.4 Å². The summed E-state index contributed by atoms with van der Waals surface area (Å²) in [6.45, 7) is 4.08. The van der Waals surface area contributed by atoms with Crippen molar-refractivity contribution in [2.75, 3.05) is 0 Å². The van der Waals surface area contributed by atoms with E-state index in [1.165, 1.54) is 0 Å². The fourth-order valence-corrected chi connectivity index (χ4v) is 5.29. The van der Waals surface area contributed by atoms with Gasteiger partial charge in [-0.3, -0.25) is 14.6 Å². The molecule has 1 saturated carbocycles. The number of nitrogens with zero attached hydrogens (tertiary/aromatic N) is 2. The molecule has 0 spiro atoms. The minimum absolute atomic E-state index is 0.00116. The normalized spacial score (nSPS) is 21.9. The van der Waals surface area contributed by atoms with Crippen LogP contribution in [0.4, 0.5) is 5.69 Å². The average molecular weight is 483 g/mol. The van der Waals surface area contributed by atoms with Crippen molar-refractivity contribution in [2.45, 2.75) is 58.3 Å². The lowest BCUT2D eigenvalue weighted by Gasteiger charge is -2.27. The quantitative estimate of drug-likeness (QED) is 0.331. The maximum atomic E-state index is 13.4. The van der Waals surface area contributed by atoms with E-state index in [-0.39, 0.29) is 40.7 Å². The number of aliphatic hydroxyl groups excluding tert-OH is 1. The van der Waals surface area contributed by atoms with Crippen LogP contribution in [0, 0.1) is 5.41 Å². The van der Waals surface area contributed by atoms with Crippen LogP contribution in [0.25, 0.3) is 0 Å². The Balaban J connectivity index is 1.44. The Hall–Kier alpha value is -3.80. The average Bonchev–Trinajstić information content (AvgIpc) is 3.25. The second-order valence-electron chi connectivity index (χ2n) is 10.5. The largest absolute Gasteiger partial charge is 0.511 e.